The molecule has 1 amide bonds. The number of methoxy groups -OCH3 is 2. The number of fused-ring (bicyclic) bond motifs is 1. The molecule has 152 valence electrons. The lowest BCUT2D eigenvalue weighted by Gasteiger charge is -2.26. The zero-order chi connectivity index (χ0) is 20.2. The molecule has 1 aliphatic heterocycles. The van der Waals surface area contributed by atoms with Crippen molar-refractivity contribution in [2.24, 2.45) is 0 Å². The van der Waals surface area contributed by atoms with Crippen molar-refractivity contribution in [1.82, 2.24) is 9.88 Å². The third-order valence-electron chi connectivity index (χ3n) is 5.49. The van der Waals surface area contributed by atoms with Crippen molar-refractivity contribution in [1.29, 1.82) is 0 Å². The van der Waals surface area contributed by atoms with Gasteiger partial charge in [-0.05, 0) is 56.0 Å². The number of hydrogen-bond donors (Lipinski definition) is 0. The van der Waals surface area contributed by atoms with E-state index in [4.69, 9.17) is 9.47 Å². The molecule has 2 heterocycles. The molecular formula is C23H26N2O3S. The monoisotopic (exact) mass is 410 g/mol. The maximum absolute atomic E-state index is 13.0. The summed E-state index contributed by atoms with van der Waals surface area (Å²) in [6.45, 7) is 0.797. The molecule has 1 fully saturated rings. The first-order chi connectivity index (χ1) is 14.2. The van der Waals surface area contributed by atoms with E-state index in [1.54, 1.807) is 25.6 Å². The highest BCUT2D eigenvalue weighted by Gasteiger charge is 2.31. The molecule has 1 aliphatic rings. The molecule has 4 rings (SSSR count). The van der Waals surface area contributed by atoms with Crippen LogP contribution in [0.5, 0.6) is 11.5 Å². The fraction of sp³-hybridized carbons (Fsp3) is 0.391. The Bertz CT molecular complexity index is 968. The van der Waals surface area contributed by atoms with E-state index in [-0.39, 0.29) is 11.9 Å². The number of amides is 1. The van der Waals surface area contributed by atoms with Crippen molar-refractivity contribution < 1.29 is 14.3 Å². The molecule has 1 unspecified atom stereocenters. The van der Waals surface area contributed by atoms with E-state index in [1.165, 1.54) is 4.70 Å². The van der Waals surface area contributed by atoms with Gasteiger partial charge in [-0.3, -0.25) is 4.79 Å². The minimum Gasteiger partial charge on any atom is -0.497 e. The van der Waals surface area contributed by atoms with Crippen LogP contribution in [0.15, 0.2) is 42.5 Å². The second kappa shape index (κ2) is 8.82. The van der Waals surface area contributed by atoms with E-state index >= 15 is 0 Å². The minimum absolute atomic E-state index is 0.0509. The molecule has 0 radical (unpaired) electrons. The fourth-order valence-corrected chi connectivity index (χ4v) is 5.06. The number of rotatable bonds is 7. The van der Waals surface area contributed by atoms with Crippen LogP contribution in [-0.4, -0.2) is 36.6 Å². The summed E-state index contributed by atoms with van der Waals surface area (Å²) in [6.07, 6.45) is 4.16. The summed E-state index contributed by atoms with van der Waals surface area (Å²) in [4.78, 5) is 19.7. The van der Waals surface area contributed by atoms with E-state index in [2.05, 4.69) is 11.1 Å². The number of thiazole rings is 1. The summed E-state index contributed by atoms with van der Waals surface area (Å²) in [6, 6.07) is 14.0. The number of likely N-dealkylation sites (tertiary alicyclic amines) is 1. The van der Waals surface area contributed by atoms with Crippen molar-refractivity contribution in [3.63, 3.8) is 0 Å². The average Bonchev–Trinajstić information content (AvgIpc) is 3.39. The maximum Gasteiger partial charge on any atom is 0.223 e. The van der Waals surface area contributed by atoms with Crippen LogP contribution in [0.4, 0.5) is 0 Å². The highest BCUT2D eigenvalue weighted by atomic mass is 32.1. The van der Waals surface area contributed by atoms with Gasteiger partial charge in [0.15, 0.2) is 0 Å². The molecular weight excluding hydrogens is 384 g/mol. The van der Waals surface area contributed by atoms with Gasteiger partial charge in [-0.15, -0.1) is 11.3 Å². The Balaban J connectivity index is 1.41. The largest absolute Gasteiger partial charge is 0.497 e. The SMILES string of the molecule is COc1ccc(OC)c(C2CCCN2C(=O)CCCc2nc3ccccc3s2)c1. The molecule has 5 nitrogen and oxygen atoms in total. The van der Waals surface area contributed by atoms with E-state index in [0.717, 1.165) is 59.8 Å². The van der Waals surface area contributed by atoms with Gasteiger partial charge < -0.3 is 14.4 Å². The third kappa shape index (κ3) is 4.22. The predicted molar refractivity (Wildman–Crippen MR) is 116 cm³/mol. The second-order valence-corrected chi connectivity index (χ2v) is 8.40. The molecule has 6 heteroatoms. The molecule has 1 saturated heterocycles. The number of carbonyl (C=O) groups is 1. The molecule has 0 saturated carbocycles. The van der Waals surface area contributed by atoms with Crippen LogP contribution in [-0.2, 0) is 11.2 Å². The van der Waals surface area contributed by atoms with Crippen LogP contribution >= 0.6 is 11.3 Å². The second-order valence-electron chi connectivity index (χ2n) is 7.28. The van der Waals surface area contributed by atoms with Crippen LogP contribution in [0.1, 0.15) is 42.3 Å². The number of hydrogen-bond acceptors (Lipinski definition) is 5. The molecule has 3 aromatic rings. The Labute approximate surface area is 175 Å². The van der Waals surface area contributed by atoms with Gasteiger partial charge in [-0.1, -0.05) is 12.1 Å². The number of nitrogens with zero attached hydrogens (tertiary/aromatic N) is 2. The Morgan fingerprint density at radius 2 is 2.07 bits per heavy atom. The topological polar surface area (TPSA) is 51.7 Å². The van der Waals surface area contributed by atoms with Crippen LogP contribution in [0.3, 0.4) is 0 Å². The zero-order valence-corrected chi connectivity index (χ0v) is 17.7. The van der Waals surface area contributed by atoms with E-state index in [1.807, 2.05) is 41.3 Å². The highest BCUT2D eigenvalue weighted by molar-refractivity contribution is 7.18. The Kier molecular flexibility index (Phi) is 6.00. The molecule has 2 aromatic carbocycles. The first-order valence-electron chi connectivity index (χ1n) is 10.1. The summed E-state index contributed by atoms with van der Waals surface area (Å²) in [5.74, 6) is 1.80. The lowest BCUT2D eigenvalue weighted by atomic mass is 10.0. The Morgan fingerprint density at radius 3 is 2.86 bits per heavy atom. The molecule has 0 bridgehead atoms. The summed E-state index contributed by atoms with van der Waals surface area (Å²) in [5.41, 5.74) is 2.08. The number of ether oxygens (including phenoxy) is 2. The number of carbonyl (C=O) groups excluding carboxylic acids is 1. The van der Waals surface area contributed by atoms with Gasteiger partial charge in [0.1, 0.15) is 11.5 Å². The van der Waals surface area contributed by atoms with Gasteiger partial charge in [-0.25, -0.2) is 4.98 Å². The summed E-state index contributed by atoms with van der Waals surface area (Å²) >= 11 is 1.72. The van der Waals surface area contributed by atoms with Crippen molar-refractivity contribution in [3.8, 4) is 11.5 Å². The van der Waals surface area contributed by atoms with Crippen LogP contribution in [0, 0.1) is 0 Å². The molecule has 1 aromatic heterocycles. The van der Waals surface area contributed by atoms with Gasteiger partial charge in [0, 0.05) is 18.5 Å². The van der Waals surface area contributed by atoms with Gasteiger partial charge in [0.2, 0.25) is 5.91 Å². The number of aryl methyl sites for hydroxylation is 1. The summed E-state index contributed by atoms with van der Waals surface area (Å²) < 4.78 is 12.1. The third-order valence-corrected chi connectivity index (χ3v) is 6.58. The van der Waals surface area contributed by atoms with Gasteiger partial charge in [-0.2, -0.15) is 0 Å². The van der Waals surface area contributed by atoms with Crippen molar-refractivity contribution in [3.05, 3.63) is 53.0 Å². The Morgan fingerprint density at radius 1 is 1.21 bits per heavy atom. The predicted octanol–water partition coefficient (Wildman–Crippen LogP) is 5.00. The molecule has 0 N–H and O–H groups in total. The van der Waals surface area contributed by atoms with E-state index in [0.29, 0.717) is 6.42 Å². The first kappa shape index (κ1) is 19.7. The molecule has 0 spiro atoms. The smallest absolute Gasteiger partial charge is 0.223 e. The number of aromatic nitrogens is 1. The van der Waals surface area contributed by atoms with E-state index in [9.17, 15) is 4.79 Å². The van der Waals surface area contributed by atoms with Gasteiger partial charge >= 0.3 is 0 Å². The van der Waals surface area contributed by atoms with E-state index < -0.39 is 0 Å². The van der Waals surface area contributed by atoms with Crippen molar-refractivity contribution in [2.75, 3.05) is 20.8 Å². The van der Waals surface area contributed by atoms with Gasteiger partial charge in [0.25, 0.3) is 0 Å². The van der Waals surface area contributed by atoms with Crippen LogP contribution in [0.25, 0.3) is 10.2 Å². The standard InChI is InChI=1S/C23H26N2O3S/c1-27-16-12-13-20(28-2)17(15-16)19-8-6-14-25(19)23(26)11-5-10-22-24-18-7-3-4-9-21(18)29-22/h3-4,7,9,12-13,15,19H,5-6,8,10-11,14H2,1-2H3. The van der Waals surface area contributed by atoms with Crippen molar-refractivity contribution >= 4 is 27.5 Å². The fourth-order valence-electron chi connectivity index (χ4n) is 4.05. The van der Waals surface area contributed by atoms with Crippen molar-refractivity contribution in [2.45, 2.75) is 38.1 Å². The average molecular weight is 411 g/mol. The number of benzene rings is 2. The minimum atomic E-state index is 0.0509. The molecule has 29 heavy (non-hydrogen) atoms. The first-order valence-corrected chi connectivity index (χ1v) is 10.9. The quantitative estimate of drug-likeness (QED) is 0.550. The van der Waals surface area contributed by atoms with Crippen LogP contribution < -0.4 is 9.47 Å². The maximum atomic E-state index is 13.0. The molecule has 0 aliphatic carbocycles. The summed E-state index contributed by atoms with van der Waals surface area (Å²) in [5, 5.41) is 1.10. The van der Waals surface area contributed by atoms with Crippen LogP contribution in [0.2, 0.25) is 0 Å². The highest BCUT2D eigenvalue weighted by Crippen LogP contribution is 2.39. The number of para-hydroxylation sites is 1. The summed E-state index contributed by atoms with van der Waals surface area (Å²) in [7, 11) is 3.33. The zero-order valence-electron chi connectivity index (χ0n) is 16.9. The van der Waals surface area contributed by atoms with Gasteiger partial charge in [0.05, 0.1) is 35.5 Å². The normalized spacial score (nSPS) is 16.3. The lowest BCUT2D eigenvalue weighted by molar-refractivity contribution is -0.132. The lowest BCUT2D eigenvalue weighted by Crippen LogP contribution is -2.30. The Hall–Kier alpha value is -2.60. The molecule has 1 atom stereocenters.